The van der Waals surface area contributed by atoms with E-state index in [0.29, 0.717) is 5.69 Å². The van der Waals surface area contributed by atoms with Gasteiger partial charge < -0.3 is 0 Å². The fraction of sp³-hybridized carbons (Fsp3) is 0.100. The first kappa shape index (κ1) is 14.8. The van der Waals surface area contributed by atoms with Gasteiger partial charge in [0, 0.05) is 10.4 Å². The molecule has 0 saturated heterocycles. The molecule has 0 fully saturated rings. The molecule has 4 rings (SSSR count). The fourth-order valence-electron chi connectivity index (χ4n) is 3.00. The number of aryl methyl sites for hydroxylation is 2. The SMILES string of the molecule is Cc1ccc(-c2nc3sc(C)c(-c4ccccc4)n3c2C=O)cc1. The summed E-state index contributed by atoms with van der Waals surface area (Å²) in [6.07, 6.45) is 0.911. The van der Waals surface area contributed by atoms with Gasteiger partial charge in [0.25, 0.3) is 0 Å². The van der Waals surface area contributed by atoms with Crippen LogP contribution in [0.1, 0.15) is 20.9 Å². The van der Waals surface area contributed by atoms with Gasteiger partial charge in [-0.2, -0.15) is 0 Å². The Morgan fingerprint density at radius 2 is 1.67 bits per heavy atom. The Kier molecular flexibility index (Phi) is 3.54. The number of hydrogen-bond acceptors (Lipinski definition) is 3. The minimum Gasteiger partial charge on any atom is -0.296 e. The number of rotatable bonds is 3. The molecule has 4 heteroatoms. The molecular formula is C20H16N2OS. The average Bonchev–Trinajstić information content (AvgIpc) is 3.10. The molecular weight excluding hydrogens is 316 g/mol. The van der Waals surface area contributed by atoms with E-state index < -0.39 is 0 Å². The van der Waals surface area contributed by atoms with Gasteiger partial charge in [0.05, 0.1) is 5.69 Å². The summed E-state index contributed by atoms with van der Waals surface area (Å²) in [5.74, 6) is 0. The van der Waals surface area contributed by atoms with Crippen LogP contribution in [-0.4, -0.2) is 15.7 Å². The molecule has 118 valence electrons. The first-order valence-corrected chi connectivity index (χ1v) is 8.60. The zero-order valence-electron chi connectivity index (χ0n) is 13.5. The lowest BCUT2D eigenvalue weighted by Gasteiger charge is -2.04. The molecule has 0 atom stereocenters. The van der Waals surface area contributed by atoms with Crippen LogP contribution in [-0.2, 0) is 0 Å². The quantitative estimate of drug-likeness (QED) is 0.486. The summed E-state index contributed by atoms with van der Waals surface area (Å²) in [5.41, 5.74) is 5.65. The minimum atomic E-state index is 0.608. The monoisotopic (exact) mass is 332 g/mol. The highest BCUT2D eigenvalue weighted by Crippen LogP contribution is 2.35. The van der Waals surface area contributed by atoms with Gasteiger partial charge in [-0.15, -0.1) is 11.3 Å². The number of carbonyl (C=O) groups excluding carboxylic acids is 1. The summed E-state index contributed by atoms with van der Waals surface area (Å²) in [6, 6.07) is 18.3. The molecule has 0 aliphatic carbocycles. The van der Waals surface area contributed by atoms with E-state index in [0.717, 1.165) is 38.6 Å². The third-order valence-corrected chi connectivity index (χ3v) is 5.12. The fourth-order valence-corrected chi connectivity index (χ4v) is 4.00. The molecule has 0 saturated carbocycles. The zero-order chi connectivity index (χ0) is 16.7. The van der Waals surface area contributed by atoms with Crippen molar-refractivity contribution in [2.45, 2.75) is 13.8 Å². The van der Waals surface area contributed by atoms with Gasteiger partial charge in [-0.25, -0.2) is 4.98 Å². The van der Waals surface area contributed by atoms with Crippen molar-refractivity contribution in [1.82, 2.24) is 9.38 Å². The van der Waals surface area contributed by atoms with E-state index in [9.17, 15) is 4.79 Å². The smallest absolute Gasteiger partial charge is 0.195 e. The van der Waals surface area contributed by atoms with Crippen LogP contribution in [0.4, 0.5) is 0 Å². The van der Waals surface area contributed by atoms with Gasteiger partial charge in [0.1, 0.15) is 11.4 Å². The standard InChI is InChI=1S/C20H16N2OS/c1-13-8-10-15(11-9-13)18-17(12-23)22-19(14(2)24-20(22)21-18)16-6-4-3-5-7-16/h3-12H,1-2H3. The molecule has 0 aliphatic rings. The number of fused-ring (bicyclic) bond motifs is 1. The first-order valence-electron chi connectivity index (χ1n) is 7.78. The Bertz CT molecular complexity index is 1030. The number of aromatic nitrogens is 2. The van der Waals surface area contributed by atoms with Gasteiger partial charge in [-0.3, -0.25) is 9.20 Å². The third-order valence-electron chi connectivity index (χ3n) is 4.17. The van der Waals surface area contributed by atoms with Crippen molar-refractivity contribution in [1.29, 1.82) is 0 Å². The highest BCUT2D eigenvalue weighted by atomic mass is 32.1. The van der Waals surface area contributed by atoms with Crippen LogP contribution in [0.25, 0.3) is 27.5 Å². The summed E-state index contributed by atoms with van der Waals surface area (Å²) >= 11 is 1.61. The summed E-state index contributed by atoms with van der Waals surface area (Å²) in [6.45, 7) is 4.12. The van der Waals surface area contributed by atoms with Gasteiger partial charge in [0.15, 0.2) is 11.2 Å². The normalized spacial score (nSPS) is 11.1. The van der Waals surface area contributed by atoms with Crippen molar-refractivity contribution in [3.05, 3.63) is 70.7 Å². The highest BCUT2D eigenvalue weighted by molar-refractivity contribution is 7.17. The Balaban J connectivity index is 2.01. The van der Waals surface area contributed by atoms with Crippen molar-refractivity contribution in [2.75, 3.05) is 0 Å². The van der Waals surface area contributed by atoms with E-state index in [4.69, 9.17) is 4.98 Å². The lowest BCUT2D eigenvalue weighted by molar-refractivity contribution is 0.111. The van der Waals surface area contributed by atoms with E-state index in [1.54, 1.807) is 11.3 Å². The van der Waals surface area contributed by atoms with Crippen molar-refractivity contribution < 1.29 is 4.79 Å². The molecule has 0 aliphatic heterocycles. The van der Waals surface area contributed by atoms with Crippen LogP contribution in [0, 0.1) is 13.8 Å². The van der Waals surface area contributed by atoms with Gasteiger partial charge >= 0.3 is 0 Å². The number of nitrogens with zero attached hydrogens (tertiary/aromatic N) is 2. The van der Waals surface area contributed by atoms with Gasteiger partial charge in [-0.1, -0.05) is 60.2 Å². The number of imidazole rings is 1. The highest BCUT2D eigenvalue weighted by Gasteiger charge is 2.20. The molecule has 0 N–H and O–H groups in total. The number of carbonyl (C=O) groups is 1. The lowest BCUT2D eigenvalue weighted by atomic mass is 10.1. The number of benzene rings is 2. The maximum Gasteiger partial charge on any atom is 0.195 e. The number of thiazole rings is 1. The number of aldehydes is 1. The van der Waals surface area contributed by atoms with Crippen LogP contribution in [0.5, 0.6) is 0 Å². The molecule has 0 amide bonds. The van der Waals surface area contributed by atoms with Crippen molar-refractivity contribution in [3.8, 4) is 22.5 Å². The molecule has 24 heavy (non-hydrogen) atoms. The predicted octanol–water partition coefficient (Wildman–Crippen LogP) is 5.16. The van der Waals surface area contributed by atoms with Gasteiger partial charge in [0.2, 0.25) is 0 Å². The second kappa shape index (κ2) is 5.73. The van der Waals surface area contributed by atoms with E-state index in [2.05, 4.69) is 19.1 Å². The van der Waals surface area contributed by atoms with Crippen LogP contribution >= 0.6 is 11.3 Å². The second-order valence-corrected chi connectivity index (χ2v) is 7.00. The third kappa shape index (κ3) is 2.27. The minimum absolute atomic E-state index is 0.608. The maximum absolute atomic E-state index is 11.9. The lowest BCUT2D eigenvalue weighted by Crippen LogP contribution is -1.95. The van der Waals surface area contributed by atoms with E-state index in [-0.39, 0.29) is 0 Å². The first-order chi connectivity index (χ1) is 11.7. The number of hydrogen-bond donors (Lipinski definition) is 0. The van der Waals surface area contributed by atoms with Crippen LogP contribution < -0.4 is 0 Å². The summed E-state index contributed by atoms with van der Waals surface area (Å²) in [5, 5.41) is 0. The molecule has 2 heterocycles. The topological polar surface area (TPSA) is 34.4 Å². The van der Waals surface area contributed by atoms with Crippen LogP contribution in [0.3, 0.4) is 0 Å². The average molecular weight is 332 g/mol. The van der Waals surface area contributed by atoms with Crippen LogP contribution in [0.15, 0.2) is 54.6 Å². The molecule has 0 spiro atoms. The van der Waals surface area contributed by atoms with Gasteiger partial charge in [-0.05, 0) is 19.4 Å². The second-order valence-electron chi connectivity index (χ2n) is 5.82. The molecule has 0 radical (unpaired) electrons. The Hall–Kier alpha value is -2.72. The zero-order valence-corrected chi connectivity index (χ0v) is 14.3. The molecule has 0 bridgehead atoms. The van der Waals surface area contributed by atoms with E-state index in [1.165, 1.54) is 5.56 Å². The van der Waals surface area contributed by atoms with E-state index >= 15 is 0 Å². The van der Waals surface area contributed by atoms with E-state index in [1.807, 2.05) is 53.8 Å². The predicted molar refractivity (Wildman–Crippen MR) is 98.8 cm³/mol. The molecule has 3 nitrogen and oxygen atoms in total. The Morgan fingerprint density at radius 1 is 0.958 bits per heavy atom. The molecule has 4 aromatic rings. The largest absolute Gasteiger partial charge is 0.296 e. The summed E-state index contributed by atoms with van der Waals surface area (Å²) in [4.78, 5) is 18.6. The molecule has 2 aromatic carbocycles. The van der Waals surface area contributed by atoms with Crippen molar-refractivity contribution in [3.63, 3.8) is 0 Å². The summed E-state index contributed by atoms with van der Waals surface area (Å²) < 4.78 is 1.98. The van der Waals surface area contributed by atoms with Crippen LogP contribution in [0.2, 0.25) is 0 Å². The molecule has 2 aromatic heterocycles. The molecule has 0 unspecified atom stereocenters. The Labute approximate surface area is 144 Å². The maximum atomic E-state index is 11.9. The van der Waals surface area contributed by atoms with Crippen molar-refractivity contribution >= 4 is 22.6 Å². The van der Waals surface area contributed by atoms with Crippen molar-refractivity contribution in [2.24, 2.45) is 0 Å². The Morgan fingerprint density at radius 3 is 2.33 bits per heavy atom. The summed E-state index contributed by atoms with van der Waals surface area (Å²) in [7, 11) is 0.